The fourth-order valence-electron chi connectivity index (χ4n) is 2.14. The Morgan fingerprint density at radius 3 is 2.85 bits per heavy atom. The molecular formula is C17H25NO2. The van der Waals surface area contributed by atoms with Crippen LogP contribution in [0.2, 0.25) is 0 Å². The first-order valence-electron chi connectivity index (χ1n) is 7.19. The highest BCUT2D eigenvalue weighted by Crippen LogP contribution is 2.15. The number of allylic oxidation sites excluding steroid dienone is 1. The summed E-state index contributed by atoms with van der Waals surface area (Å²) in [5.41, 5.74) is 2.14. The van der Waals surface area contributed by atoms with E-state index >= 15 is 0 Å². The zero-order valence-electron chi connectivity index (χ0n) is 12.5. The van der Waals surface area contributed by atoms with E-state index < -0.39 is 0 Å². The first kappa shape index (κ1) is 16.3. The SMILES string of the molecule is C=CCCCCC[C@H](Nc1cccc(C)c1)C(=O)OC. The number of rotatable bonds is 9. The maximum absolute atomic E-state index is 11.8. The van der Waals surface area contributed by atoms with Crippen molar-refractivity contribution in [3.63, 3.8) is 0 Å². The number of anilines is 1. The summed E-state index contributed by atoms with van der Waals surface area (Å²) in [6.07, 6.45) is 7.00. The number of carbonyl (C=O) groups is 1. The largest absolute Gasteiger partial charge is 0.467 e. The van der Waals surface area contributed by atoms with E-state index in [2.05, 4.69) is 11.9 Å². The summed E-state index contributed by atoms with van der Waals surface area (Å²) in [5, 5.41) is 3.27. The number of nitrogens with one attached hydrogen (secondary N) is 1. The second-order valence-corrected chi connectivity index (χ2v) is 5.02. The number of hydrogen-bond acceptors (Lipinski definition) is 3. The van der Waals surface area contributed by atoms with Gasteiger partial charge in [0.05, 0.1) is 7.11 Å². The summed E-state index contributed by atoms with van der Waals surface area (Å²) in [5.74, 6) is -0.199. The molecule has 0 saturated carbocycles. The van der Waals surface area contributed by atoms with Crippen molar-refractivity contribution >= 4 is 11.7 Å². The molecule has 0 bridgehead atoms. The Hall–Kier alpha value is -1.77. The Bertz CT molecular complexity index is 429. The van der Waals surface area contributed by atoms with Crippen LogP contribution in [0.4, 0.5) is 5.69 Å². The van der Waals surface area contributed by atoms with E-state index in [0.29, 0.717) is 0 Å². The minimum absolute atomic E-state index is 0.199. The number of carbonyl (C=O) groups excluding carboxylic acids is 1. The third-order valence-electron chi connectivity index (χ3n) is 3.25. The van der Waals surface area contributed by atoms with E-state index in [0.717, 1.165) is 37.8 Å². The molecule has 0 aliphatic heterocycles. The molecule has 0 saturated heterocycles. The first-order chi connectivity index (χ1) is 9.67. The molecule has 0 aliphatic carbocycles. The summed E-state index contributed by atoms with van der Waals surface area (Å²) in [6.45, 7) is 5.75. The van der Waals surface area contributed by atoms with Gasteiger partial charge in [0.1, 0.15) is 6.04 Å². The highest BCUT2D eigenvalue weighted by atomic mass is 16.5. The maximum atomic E-state index is 11.8. The van der Waals surface area contributed by atoms with Gasteiger partial charge in [-0.1, -0.05) is 31.1 Å². The molecule has 0 radical (unpaired) electrons. The van der Waals surface area contributed by atoms with Crippen molar-refractivity contribution in [2.24, 2.45) is 0 Å². The number of methoxy groups -OCH3 is 1. The van der Waals surface area contributed by atoms with Crippen molar-refractivity contribution in [3.05, 3.63) is 42.5 Å². The fourth-order valence-corrected chi connectivity index (χ4v) is 2.14. The monoisotopic (exact) mass is 275 g/mol. The van der Waals surface area contributed by atoms with E-state index in [1.165, 1.54) is 12.7 Å². The van der Waals surface area contributed by atoms with Crippen LogP contribution in [0.5, 0.6) is 0 Å². The fraction of sp³-hybridized carbons (Fsp3) is 0.471. The minimum atomic E-state index is -0.273. The quantitative estimate of drug-likeness (QED) is 0.419. The number of aryl methyl sites for hydroxylation is 1. The van der Waals surface area contributed by atoms with E-state index in [4.69, 9.17) is 4.74 Å². The summed E-state index contributed by atoms with van der Waals surface area (Å²) >= 11 is 0. The molecule has 0 spiro atoms. The first-order valence-corrected chi connectivity index (χ1v) is 7.19. The summed E-state index contributed by atoms with van der Waals surface area (Å²) in [7, 11) is 1.44. The van der Waals surface area contributed by atoms with E-state index in [9.17, 15) is 4.79 Å². The molecule has 1 rings (SSSR count). The number of ether oxygens (including phenoxy) is 1. The number of benzene rings is 1. The summed E-state index contributed by atoms with van der Waals surface area (Å²) < 4.78 is 4.88. The van der Waals surface area contributed by atoms with Gasteiger partial charge in [0, 0.05) is 5.69 Å². The van der Waals surface area contributed by atoms with Crippen LogP contribution in [0.25, 0.3) is 0 Å². The molecule has 0 heterocycles. The van der Waals surface area contributed by atoms with Crippen molar-refractivity contribution in [2.75, 3.05) is 12.4 Å². The lowest BCUT2D eigenvalue weighted by Gasteiger charge is -2.18. The van der Waals surface area contributed by atoms with Crippen LogP contribution in [0, 0.1) is 6.92 Å². The van der Waals surface area contributed by atoms with Gasteiger partial charge in [-0.05, 0) is 43.9 Å². The van der Waals surface area contributed by atoms with Crippen LogP contribution in [-0.4, -0.2) is 19.1 Å². The number of esters is 1. The van der Waals surface area contributed by atoms with Gasteiger partial charge in [-0.25, -0.2) is 4.79 Å². The van der Waals surface area contributed by atoms with Gasteiger partial charge in [0.2, 0.25) is 0 Å². The van der Waals surface area contributed by atoms with Crippen LogP contribution < -0.4 is 5.32 Å². The zero-order chi connectivity index (χ0) is 14.8. The Morgan fingerprint density at radius 2 is 2.20 bits per heavy atom. The second kappa shape index (κ2) is 9.18. The van der Waals surface area contributed by atoms with Gasteiger partial charge in [-0.15, -0.1) is 6.58 Å². The van der Waals surface area contributed by atoms with E-state index in [-0.39, 0.29) is 12.0 Å². The van der Waals surface area contributed by atoms with Crippen LogP contribution in [0.1, 0.15) is 37.7 Å². The molecule has 3 heteroatoms. The van der Waals surface area contributed by atoms with Crippen molar-refractivity contribution < 1.29 is 9.53 Å². The Labute approximate surface area is 122 Å². The molecule has 0 unspecified atom stereocenters. The molecular weight excluding hydrogens is 250 g/mol. The van der Waals surface area contributed by atoms with Crippen molar-refractivity contribution in [3.8, 4) is 0 Å². The predicted molar refractivity (Wildman–Crippen MR) is 83.9 cm³/mol. The van der Waals surface area contributed by atoms with Crippen LogP contribution in [0.15, 0.2) is 36.9 Å². The smallest absolute Gasteiger partial charge is 0.328 e. The predicted octanol–water partition coefficient (Wildman–Crippen LogP) is 4.09. The van der Waals surface area contributed by atoms with Crippen LogP contribution in [0.3, 0.4) is 0 Å². The van der Waals surface area contributed by atoms with Crippen molar-refractivity contribution in [1.29, 1.82) is 0 Å². The summed E-state index contributed by atoms with van der Waals surface area (Å²) in [4.78, 5) is 11.8. The standard InChI is InChI=1S/C17H25NO2/c1-4-5-6-7-8-12-16(17(19)20-3)18-15-11-9-10-14(2)13-15/h4,9-11,13,16,18H,1,5-8,12H2,2-3H3/t16-/m0/s1. The van der Waals surface area contributed by atoms with Gasteiger partial charge in [-0.3, -0.25) is 0 Å². The lowest BCUT2D eigenvalue weighted by molar-refractivity contribution is -0.141. The molecule has 0 fully saturated rings. The highest BCUT2D eigenvalue weighted by molar-refractivity contribution is 5.79. The molecule has 110 valence electrons. The Balaban J connectivity index is 2.51. The van der Waals surface area contributed by atoms with Crippen LogP contribution >= 0.6 is 0 Å². The topological polar surface area (TPSA) is 38.3 Å². The average Bonchev–Trinajstić information content (AvgIpc) is 2.45. The second-order valence-electron chi connectivity index (χ2n) is 5.02. The molecule has 20 heavy (non-hydrogen) atoms. The maximum Gasteiger partial charge on any atom is 0.328 e. The summed E-state index contributed by atoms with van der Waals surface area (Å²) in [6, 6.07) is 7.75. The molecule has 0 aliphatic rings. The van der Waals surface area contributed by atoms with Gasteiger partial charge in [-0.2, -0.15) is 0 Å². The van der Waals surface area contributed by atoms with Gasteiger partial charge in [0.25, 0.3) is 0 Å². The minimum Gasteiger partial charge on any atom is -0.467 e. The van der Waals surface area contributed by atoms with E-state index in [1.807, 2.05) is 37.3 Å². The Kier molecular flexibility index (Phi) is 7.48. The van der Waals surface area contributed by atoms with Gasteiger partial charge < -0.3 is 10.1 Å². The molecule has 1 aromatic carbocycles. The molecule has 1 N–H and O–H groups in total. The lowest BCUT2D eigenvalue weighted by Crippen LogP contribution is -2.30. The lowest BCUT2D eigenvalue weighted by atomic mass is 10.1. The van der Waals surface area contributed by atoms with Crippen molar-refractivity contribution in [2.45, 2.75) is 45.1 Å². The normalized spacial score (nSPS) is 11.7. The highest BCUT2D eigenvalue weighted by Gasteiger charge is 2.18. The third kappa shape index (κ3) is 5.91. The van der Waals surface area contributed by atoms with Gasteiger partial charge >= 0.3 is 5.97 Å². The molecule has 0 aromatic heterocycles. The molecule has 1 aromatic rings. The van der Waals surface area contributed by atoms with Crippen LogP contribution in [-0.2, 0) is 9.53 Å². The number of hydrogen-bond donors (Lipinski definition) is 1. The van der Waals surface area contributed by atoms with Gasteiger partial charge in [0.15, 0.2) is 0 Å². The molecule has 3 nitrogen and oxygen atoms in total. The third-order valence-corrected chi connectivity index (χ3v) is 3.25. The molecule has 0 amide bonds. The zero-order valence-corrected chi connectivity index (χ0v) is 12.5. The van der Waals surface area contributed by atoms with E-state index in [1.54, 1.807) is 0 Å². The Morgan fingerprint density at radius 1 is 1.40 bits per heavy atom. The average molecular weight is 275 g/mol. The molecule has 1 atom stereocenters. The number of unbranched alkanes of at least 4 members (excludes halogenated alkanes) is 3. The van der Waals surface area contributed by atoms with Crippen molar-refractivity contribution in [1.82, 2.24) is 0 Å².